The molecule has 3 aromatic heterocycles. The zero-order valence-corrected chi connectivity index (χ0v) is 17.0. The summed E-state index contributed by atoms with van der Waals surface area (Å²) in [5.41, 5.74) is 2.94. The normalized spacial score (nSPS) is 10.9. The van der Waals surface area contributed by atoms with Crippen LogP contribution in [0, 0.1) is 13.8 Å². The summed E-state index contributed by atoms with van der Waals surface area (Å²) in [5, 5.41) is 4.33. The van der Waals surface area contributed by atoms with Crippen molar-refractivity contribution in [1.29, 1.82) is 0 Å². The van der Waals surface area contributed by atoms with Crippen LogP contribution >= 0.6 is 22.9 Å². The maximum Gasteiger partial charge on any atom is 0.231 e. The van der Waals surface area contributed by atoms with Crippen LogP contribution in [0.3, 0.4) is 0 Å². The van der Waals surface area contributed by atoms with E-state index in [1.54, 1.807) is 25.8 Å². The standard InChI is InChI=1S/C19H17ClN6OS/c1-11-8-21-10-26(11)17-15(20)9-22-18(24-17)25-19-23-12(2)16(28-19)13-4-6-14(27-3)7-5-13/h4-10H,1-3H3,(H,22,23,24,25). The number of benzene rings is 1. The number of aromatic nitrogens is 5. The first-order valence-electron chi connectivity index (χ1n) is 8.46. The van der Waals surface area contributed by atoms with E-state index in [9.17, 15) is 0 Å². The Labute approximate surface area is 171 Å². The van der Waals surface area contributed by atoms with Crippen LogP contribution in [0.15, 0.2) is 43.0 Å². The van der Waals surface area contributed by atoms with Crippen molar-refractivity contribution in [2.24, 2.45) is 0 Å². The molecule has 4 aromatic rings. The summed E-state index contributed by atoms with van der Waals surface area (Å²) in [6, 6.07) is 7.90. The Hall–Kier alpha value is -2.97. The van der Waals surface area contributed by atoms with Gasteiger partial charge < -0.3 is 4.74 Å². The molecule has 0 bridgehead atoms. The fourth-order valence-corrected chi connectivity index (χ4v) is 3.87. The van der Waals surface area contributed by atoms with Gasteiger partial charge in [-0.25, -0.2) is 15.0 Å². The van der Waals surface area contributed by atoms with Gasteiger partial charge in [0.05, 0.1) is 23.9 Å². The van der Waals surface area contributed by atoms with E-state index in [4.69, 9.17) is 16.3 Å². The van der Waals surface area contributed by atoms with Gasteiger partial charge in [-0.2, -0.15) is 4.98 Å². The number of thiazole rings is 1. The summed E-state index contributed by atoms with van der Waals surface area (Å²) in [4.78, 5) is 18.6. The molecule has 0 saturated heterocycles. The lowest BCUT2D eigenvalue weighted by atomic mass is 10.1. The van der Waals surface area contributed by atoms with Crippen molar-refractivity contribution in [3.8, 4) is 22.0 Å². The van der Waals surface area contributed by atoms with E-state index in [-0.39, 0.29) is 0 Å². The van der Waals surface area contributed by atoms with Crippen molar-refractivity contribution < 1.29 is 4.74 Å². The van der Waals surface area contributed by atoms with Gasteiger partial charge in [-0.15, -0.1) is 0 Å². The van der Waals surface area contributed by atoms with Crippen molar-refractivity contribution in [3.05, 3.63) is 59.4 Å². The Bertz CT molecular complexity index is 1120. The molecule has 28 heavy (non-hydrogen) atoms. The molecule has 142 valence electrons. The number of hydrogen-bond acceptors (Lipinski definition) is 7. The second-order valence-electron chi connectivity index (χ2n) is 6.06. The van der Waals surface area contributed by atoms with Gasteiger partial charge in [0.25, 0.3) is 0 Å². The molecule has 9 heteroatoms. The molecular formula is C19H17ClN6OS. The molecule has 0 aliphatic rings. The second kappa shape index (κ2) is 7.57. The average Bonchev–Trinajstić information content (AvgIpc) is 3.28. The van der Waals surface area contributed by atoms with Gasteiger partial charge in [-0.05, 0) is 43.7 Å². The van der Waals surface area contributed by atoms with Gasteiger partial charge in [0.2, 0.25) is 5.95 Å². The molecule has 0 unspecified atom stereocenters. The maximum atomic E-state index is 6.27. The number of methoxy groups -OCH3 is 1. The molecule has 4 rings (SSSR count). The first-order valence-corrected chi connectivity index (χ1v) is 9.65. The molecule has 0 fully saturated rings. The second-order valence-corrected chi connectivity index (χ2v) is 7.46. The van der Waals surface area contributed by atoms with Crippen LogP contribution < -0.4 is 10.1 Å². The smallest absolute Gasteiger partial charge is 0.231 e. The lowest BCUT2D eigenvalue weighted by Gasteiger charge is -2.08. The molecule has 0 aliphatic carbocycles. The molecule has 0 aliphatic heterocycles. The van der Waals surface area contributed by atoms with E-state index >= 15 is 0 Å². The van der Waals surface area contributed by atoms with Gasteiger partial charge in [-0.1, -0.05) is 22.9 Å². The Morgan fingerprint density at radius 2 is 1.89 bits per heavy atom. The number of hydrogen-bond donors (Lipinski definition) is 1. The molecule has 0 radical (unpaired) electrons. The van der Waals surface area contributed by atoms with Gasteiger partial charge >= 0.3 is 0 Å². The quantitative estimate of drug-likeness (QED) is 0.507. The van der Waals surface area contributed by atoms with Gasteiger partial charge in [0.1, 0.15) is 17.1 Å². The predicted molar refractivity (Wildman–Crippen MR) is 111 cm³/mol. The van der Waals surface area contributed by atoms with Crippen molar-refractivity contribution in [2.75, 3.05) is 12.4 Å². The van der Waals surface area contributed by atoms with Gasteiger partial charge in [0, 0.05) is 11.9 Å². The van der Waals surface area contributed by atoms with Crippen molar-refractivity contribution in [3.63, 3.8) is 0 Å². The van der Waals surface area contributed by atoms with Crippen LogP contribution in [0.5, 0.6) is 5.75 Å². The van der Waals surface area contributed by atoms with Crippen LogP contribution in [-0.2, 0) is 0 Å². The number of rotatable bonds is 5. The summed E-state index contributed by atoms with van der Waals surface area (Å²) in [5.74, 6) is 1.81. The third-order valence-corrected chi connectivity index (χ3v) is 5.53. The summed E-state index contributed by atoms with van der Waals surface area (Å²) < 4.78 is 7.03. The number of imidazole rings is 1. The predicted octanol–water partition coefficient (Wildman–Crippen LogP) is 4.81. The lowest BCUT2D eigenvalue weighted by Crippen LogP contribution is -2.04. The highest BCUT2D eigenvalue weighted by Gasteiger charge is 2.13. The number of halogens is 1. The zero-order chi connectivity index (χ0) is 19.7. The highest BCUT2D eigenvalue weighted by Crippen LogP contribution is 2.34. The summed E-state index contributed by atoms with van der Waals surface area (Å²) in [7, 11) is 1.65. The van der Waals surface area contributed by atoms with E-state index in [1.165, 1.54) is 11.3 Å². The zero-order valence-electron chi connectivity index (χ0n) is 15.5. The molecule has 0 spiro atoms. The maximum absolute atomic E-state index is 6.27. The Morgan fingerprint density at radius 1 is 1.11 bits per heavy atom. The number of aryl methyl sites for hydroxylation is 2. The third kappa shape index (κ3) is 3.56. The Kier molecular flexibility index (Phi) is 4.97. The monoisotopic (exact) mass is 412 g/mol. The van der Waals surface area contributed by atoms with Crippen molar-refractivity contribution in [1.82, 2.24) is 24.5 Å². The van der Waals surface area contributed by atoms with Gasteiger partial charge in [0.15, 0.2) is 10.9 Å². The first kappa shape index (κ1) is 18.4. The summed E-state index contributed by atoms with van der Waals surface area (Å²) >= 11 is 7.81. The topological polar surface area (TPSA) is 77.8 Å². The molecule has 7 nitrogen and oxygen atoms in total. The fourth-order valence-electron chi connectivity index (χ4n) is 2.73. The van der Waals surface area contributed by atoms with E-state index in [0.717, 1.165) is 27.6 Å². The number of nitrogens with one attached hydrogen (secondary N) is 1. The van der Waals surface area contributed by atoms with Crippen LogP contribution in [-0.4, -0.2) is 31.6 Å². The van der Waals surface area contributed by atoms with Crippen LogP contribution in [0.4, 0.5) is 11.1 Å². The Balaban J connectivity index is 1.62. The van der Waals surface area contributed by atoms with E-state index in [1.807, 2.05) is 42.7 Å². The van der Waals surface area contributed by atoms with Gasteiger partial charge in [-0.3, -0.25) is 9.88 Å². The first-order chi connectivity index (χ1) is 13.5. The fraction of sp³-hybridized carbons (Fsp3) is 0.158. The molecule has 1 aromatic carbocycles. The average molecular weight is 413 g/mol. The molecule has 0 saturated carbocycles. The van der Waals surface area contributed by atoms with Crippen LogP contribution in [0.1, 0.15) is 11.4 Å². The molecule has 3 heterocycles. The minimum Gasteiger partial charge on any atom is -0.497 e. The lowest BCUT2D eigenvalue weighted by molar-refractivity contribution is 0.415. The minimum absolute atomic E-state index is 0.419. The van der Waals surface area contributed by atoms with Crippen LogP contribution in [0.2, 0.25) is 5.02 Å². The highest BCUT2D eigenvalue weighted by molar-refractivity contribution is 7.19. The van der Waals surface area contributed by atoms with E-state index in [0.29, 0.717) is 21.9 Å². The van der Waals surface area contributed by atoms with Crippen molar-refractivity contribution >= 4 is 34.0 Å². The van der Waals surface area contributed by atoms with E-state index < -0.39 is 0 Å². The van der Waals surface area contributed by atoms with Crippen LogP contribution in [0.25, 0.3) is 16.3 Å². The SMILES string of the molecule is COc1ccc(-c2sc(Nc3ncc(Cl)c(-n4cncc4C)n3)nc2C)cc1. The molecule has 1 N–H and O–H groups in total. The summed E-state index contributed by atoms with van der Waals surface area (Å²) in [6.45, 7) is 3.91. The van der Waals surface area contributed by atoms with Crippen molar-refractivity contribution in [2.45, 2.75) is 13.8 Å². The number of nitrogens with zero attached hydrogens (tertiary/aromatic N) is 5. The largest absolute Gasteiger partial charge is 0.497 e. The number of anilines is 2. The summed E-state index contributed by atoms with van der Waals surface area (Å²) in [6.07, 6.45) is 4.98. The minimum atomic E-state index is 0.419. The molecular weight excluding hydrogens is 396 g/mol. The number of ether oxygens (including phenoxy) is 1. The molecule has 0 amide bonds. The Morgan fingerprint density at radius 3 is 2.57 bits per heavy atom. The molecule has 0 atom stereocenters. The van der Waals surface area contributed by atoms with E-state index in [2.05, 4.69) is 25.3 Å². The third-order valence-electron chi connectivity index (χ3n) is 4.14. The highest BCUT2D eigenvalue weighted by atomic mass is 35.5.